The van der Waals surface area contributed by atoms with E-state index >= 15 is 0 Å². The van der Waals surface area contributed by atoms with Gasteiger partial charge in [0.25, 0.3) is 5.91 Å². The molecule has 0 saturated carbocycles. The van der Waals surface area contributed by atoms with Crippen LogP contribution in [-0.4, -0.2) is 76.6 Å². The van der Waals surface area contributed by atoms with Crippen LogP contribution < -0.4 is 4.72 Å². The summed E-state index contributed by atoms with van der Waals surface area (Å²) in [5.74, 6) is 2.18. The molecule has 0 unspecified atom stereocenters. The van der Waals surface area contributed by atoms with Crippen molar-refractivity contribution in [3.05, 3.63) is 29.8 Å². The van der Waals surface area contributed by atoms with Crippen molar-refractivity contribution in [2.45, 2.75) is 37.5 Å². The van der Waals surface area contributed by atoms with Crippen molar-refractivity contribution in [2.24, 2.45) is 0 Å². The number of rotatable bonds is 12. The lowest BCUT2D eigenvalue weighted by atomic mass is 10.1. The highest BCUT2D eigenvalue weighted by molar-refractivity contribution is 7.89. The van der Waals surface area contributed by atoms with Gasteiger partial charge in [-0.1, -0.05) is 32.1 Å². The van der Waals surface area contributed by atoms with E-state index in [-0.39, 0.29) is 17.3 Å². The minimum absolute atomic E-state index is 0.0692. The third-order valence-corrected chi connectivity index (χ3v) is 6.55. The van der Waals surface area contributed by atoms with E-state index in [0.29, 0.717) is 18.7 Å². The zero-order chi connectivity index (χ0) is 21.8. The number of terminal acetylenes is 1. The lowest BCUT2D eigenvalue weighted by molar-refractivity contribution is 0.0324. The number of nitrogens with one attached hydrogen (secondary N) is 1. The molecule has 0 aliphatic carbocycles. The molecule has 0 spiro atoms. The van der Waals surface area contributed by atoms with E-state index in [9.17, 15) is 13.2 Å². The molecule has 1 amide bonds. The van der Waals surface area contributed by atoms with Crippen LogP contribution in [0.15, 0.2) is 29.2 Å². The second-order valence-corrected chi connectivity index (χ2v) is 9.13. The third kappa shape index (κ3) is 7.73. The zero-order valence-corrected chi connectivity index (χ0v) is 18.6. The van der Waals surface area contributed by atoms with E-state index in [4.69, 9.17) is 11.2 Å². The fourth-order valence-corrected chi connectivity index (χ4v) is 4.24. The van der Waals surface area contributed by atoms with Crippen LogP contribution in [0.5, 0.6) is 0 Å². The molecule has 1 aromatic rings. The van der Waals surface area contributed by atoms with Crippen LogP contribution in [0, 0.1) is 12.3 Å². The SMILES string of the molecule is C#CCNS(=O)(=O)c1ccc(C(=O)N(CCCCCC)CCN2CCOCC2)cc1. The molecule has 0 radical (unpaired) electrons. The van der Waals surface area contributed by atoms with Crippen LogP contribution in [0.1, 0.15) is 43.0 Å². The molecular weight excluding hydrogens is 402 g/mol. The first kappa shape index (κ1) is 24.4. The Hall–Kier alpha value is -1.92. The van der Waals surface area contributed by atoms with Gasteiger partial charge in [-0.25, -0.2) is 8.42 Å². The molecule has 2 rings (SSSR count). The van der Waals surface area contributed by atoms with Gasteiger partial charge in [0.15, 0.2) is 0 Å². The summed E-state index contributed by atoms with van der Waals surface area (Å²) in [5, 5.41) is 0. The number of morpholine rings is 1. The van der Waals surface area contributed by atoms with E-state index in [2.05, 4.69) is 22.5 Å². The molecule has 1 fully saturated rings. The van der Waals surface area contributed by atoms with E-state index in [0.717, 1.165) is 58.5 Å². The van der Waals surface area contributed by atoms with Gasteiger partial charge in [-0.15, -0.1) is 6.42 Å². The van der Waals surface area contributed by atoms with Crippen molar-refractivity contribution in [1.82, 2.24) is 14.5 Å². The lowest BCUT2D eigenvalue weighted by Gasteiger charge is -2.30. The average Bonchev–Trinajstić information content (AvgIpc) is 2.77. The maximum absolute atomic E-state index is 13.1. The lowest BCUT2D eigenvalue weighted by Crippen LogP contribution is -2.43. The number of carbonyl (C=O) groups excluding carboxylic acids is 1. The predicted octanol–water partition coefficient (Wildman–Crippen LogP) is 1.95. The second kappa shape index (κ2) is 12.7. The Bertz CT molecular complexity index is 797. The Morgan fingerprint density at radius 1 is 1.17 bits per heavy atom. The standard InChI is InChI=1S/C22H33N3O4S/c1-3-5-6-7-13-25(15-14-24-16-18-29-19-17-24)22(26)20-8-10-21(11-9-20)30(27,28)23-12-4-2/h2,8-11,23H,3,5-7,12-19H2,1H3. The number of unbranched alkanes of at least 4 members (excludes halogenated alkanes) is 3. The molecule has 166 valence electrons. The number of nitrogens with zero attached hydrogens (tertiary/aromatic N) is 2. The van der Waals surface area contributed by atoms with Crippen LogP contribution in [0.3, 0.4) is 0 Å². The van der Waals surface area contributed by atoms with Crippen LogP contribution in [0.4, 0.5) is 0 Å². The van der Waals surface area contributed by atoms with E-state index in [1.807, 2.05) is 4.90 Å². The molecule has 1 aliphatic rings. The largest absolute Gasteiger partial charge is 0.379 e. The highest BCUT2D eigenvalue weighted by Crippen LogP contribution is 2.13. The Kier molecular flexibility index (Phi) is 10.3. The molecule has 1 heterocycles. The summed E-state index contributed by atoms with van der Waals surface area (Å²) in [6.45, 7) is 7.48. The van der Waals surface area contributed by atoms with Gasteiger partial charge >= 0.3 is 0 Å². The van der Waals surface area contributed by atoms with Crippen molar-refractivity contribution in [3.8, 4) is 12.3 Å². The monoisotopic (exact) mass is 435 g/mol. The smallest absolute Gasteiger partial charge is 0.253 e. The van der Waals surface area contributed by atoms with Crippen molar-refractivity contribution in [1.29, 1.82) is 0 Å². The van der Waals surface area contributed by atoms with Crippen LogP contribution in [0.25, 0.3) is 0 Å². The summed E-state index contributed by atoms with van der Waals surface area (Å²) in [6.07, 6.45) is 9.47. The first-order valence-corrected chi connectivity index (χ1v) is 12.1. The first-order chi connectivity index (χ1) is 14.5. The molecular formula is C22H33N3O4S. The van der Waals surface area contributed by atoms with E-state index in [1.165, 1.54) is 12.1 Å². The molecule has 1 saturated heterocycles. The summed E-state index contributed by atoms with van der Waals surface area (Å²) < 4.78 is 32.0. The molecule has 30 heavy (non-hydrogen) atoms. The molecule has 8 heteroatoms. The van der Waals surface area contributed by atoms with Crippen LogP contribution in [-0.2, 0) is 14.8 Å². The maximum Gasteiger partial charge on any atom is 0.253 e. The number of hydrogen-bond acceptors (Lipinski definition) is 5. The Morgan fingerprint density at radius 3 is 2.50 bits per heavy atom. The first-order valence-electron chi connectivity index (χ1n) is 10.6. The second-order valence-electron chi connectivity index (χ2n) is 7.36. The fraction of sp³-hybridized carbons (Fsp3) is 0.591. The molecule has 1 N–H and O–H groups in total. The Balaban J connectivity index is 2.04. The predicted molar refractivity (Wildman–Crippen MR) is 118 cm³/mol. The fourth-order valence-electron chi connectivity index (χ4n) is 3.31. The highest BCUT2D eigenvalue weighted by Gasteiger charge is 2.19. The minimum atomic E-state index is -3.67. The summed E-state index contributed by atoms with van der Waals surface area (Å²) in [5.41, 5.74) is 0.489. The normalized spacial score (nSPS) is 14.9. The van der Waals surface area contributed by atoms with Gasteiger partial charge in [0.2, 0.25) is 10.0 Å². The summed E-state index contributed by atoms with van der Waals surface area (Å²) >= 11 is 0. The molecule has 1 aromatic carbocycles. The van der Waals surface area contributed by atoms with Crippen molar-refractivity contribution in [2.75, 3.05) is 52.5 Å². The van der Waals surface area contributed by atoms with Gasteiger partial charge in [0.1, 0.15) is 0 Å². The number of carbonyl (C=O) groups is 1. The minimum Gasteiger partial charge on any atom is -0.379 e. The van der Waals surface area contributed by atoms with Gasteiger partial charge in [-0.05, 0) is 30.7 Å². The molecule has 0 aromatic heterocycles. The highest BCUT2D eigenvalue weighted by atomic mass is 32.2. The average molecular weight is 436 g/mol. The summed E-state index contributed by atoms with van der Waals surface area (Å²) in [6, 6.07) is 6.04. The van der Waals surface area contributed by atoms with Crippen LogP contribution >= 0.6 is 0 Å². The summed E-state index contributed by atoms with van der Waals surface area (Å²) in [7, 11) is -3.67. The van der Waals surface area contributed by atoms with E-state index < -0.39 is 10.0 Å². The van der Waals surface area contributed by atoms with Gasteiger partial charge in [0, 0.05) is 38.3 Å². The van der Waals surface area contributed by atoms with Gasteiger partial charge < -0.3 is 9.64 Å². The Morgan fingerprint density at radius 2 is 1.87 bits per heavy atom. The quantitative estimate of drug-likeness (QED) is 0.401. The van der Waals surface area contributed by atoms with Crippen molar-refractivity contribution < 1.29 is 17.9 Å². The summed E-state index contributed by atoms with van der Waals surface area (Å²) in [4.78, 5) is 17.4. The molecule has 7 nitrogen and oxygen atoms in total. The van der Waals surface area contributed by atoms with Crippen molar-refractivity contribution >= 4 is 15.9 Å². The van der Waals surface area contributed by atoms with Gasteiger partial charge in [-0.2, -0.15) is 4.72 Å². The van der Waals surface area contributed by atoms with Gasteiger partial charge in [0.05, 0.1) is 24.7 Å². The molecule has 1 aliphatic heterocycles. The topological polar surface area (TPSA) is 79.0 Å². The van der Waals surface area contributed by atoms with E-state index in [1.54, 1.807) is 12.1 Å². The van der Waals surface area contributed by atoms with Crippen molar-refractivity contribution in [3.63, 3.8) is 0 Å². The molecule has 0 bridgehead atoms. The Labute approximate surface area is 180 Å². The maximum atomic E-state index is 13.1. The van der Waals surface area contributed by atoms with Gasteiger partial charge in [-0.3, -0.25) is 9.69 Å². The number of hydrogen-bond donors (Lipinski definition) is 1. The number of ether oxygens (including phenoxy) is 1. The molecule has 0 atom stereocenters. The number of benzene rings is 1. The number of amides is 1. The third-order valence-electron chi connectivity index (χ3n) is 5.13. The van der Waals surface area contributed by atoms with Crippen LogP contribution in [0.2, 0.25) is 0 Å². The number of sulfonamides is 1. The zero-order valence-electron chi connectivity index (χ0n) is 17.8.